The van der Waals surface area contributed by atoms with Gasteiger partial charge >= 0.3 is 0 Å². The third-order valence-corrected chi connectivity index (χ3v) is 7.70. The first-order valence-corrected chi connectivity index (χ1v) is 11.0. The number of halogens is 1. The zero-order valence-corrected chi connectivity index (χ0v) is 19.1. The molecule has 27 heavy (non-hydrogen) atoms. The van der Waals surface area contributed by atoms with Gasteiger partial charge in [-0.25, -0.2) is 8.42 Å². The van der Waals surface area contributed by atoms with Crippen molar-refractivity contribution in [1.82, 2.24) is 4.31 Å². The van der Waals surface area contributed by atoms with Crippen LogP contribution in [0.15, 0.2) is 51.0 Å². The SMILES string of the molecule is CCc1cccc(NC(N)=NCC2CCN(S(=O)(=O)c3cccs3)C2)c1.I. The van der Waals surface area contributed by atoms with Crippen LogP contribution in [0.3, 0.4) is 0 Å². The highest BCUT2D eigenvalue weighted by atomic mass is 127. The minimum absolute atomic E-state index is 0. The van der Waals surface area contributed by atoms with Gasteiger partial charge in [0.2, 0.25) is 0 Å². The molecular weight excluding hydrogens is 495 g/mol. The molecular formula is C18H25IN4O2S2. The summed E-state index contributed by atoms with van der Waals surface area (Å²) in [6.45, 7) is 3.64. The number of hydrogen-bond donors (Lipinski definition) is 2. The van der Waals surface area contributed by atoms with Crippen molar-refractivity contribution in [2.75, 3.05) is 25.0 Å². The lowest BCUT2D eigenvalue weighted by Gasteiger charge is -2.15. The Bertz CT molecular complexity index is 869. The first kappa shape index (κ1) is 22.1. The maximum Gasteiger partial charge on any atom is 0.252 e. The van der Waals surface area contributed by atoms with Crippen LogP contribution in [0.25, 0.3) is 0 Å². The Morgan fingerprint density at radius 2 is 2.19 bits per heavy atom. The Labute approximate surface area is 181 Å². The molecule has 1 aliphatic heterocycles. The molecule has 1 aromatic heterocycles. The Hall–Kier alpha value is -1.17. The number of nitrogens with one attached hydrogen (secondary N) is 1. The summed E-state index contributed by atoms with van der Waals surface area (Å²) in [6, 6.07) is 11.5. The summed E-state index contributed by atoms with van der Waals surface area (Å²) in [5.41, 5.74) is 8.13. The molecule has 3 rings (SSSR count). The fraction of sp³-hybridized carbons (Fsp3) is 0.389. The maximum absolute atomic E-state index is 12.5. The van der Waals surface area contributed by atoms with Crippen molar-refractivity contribution in [3.05, 3.63) is 47.3 Å². The van der Waals surface area contributed by atoms with E-state index in [1.165, 1.54) is 16.9 Å². The highest BCUT2D eigenvalue weighted by Gasteiger charge is 2.32. The largest absolute Gasteiger partial charge is 0.370 e. The molecule has 2 aromatic rings. The molecule has 6 nitrogen and oxygen atoms in total. The van der Waals surface area contributed by atoms with Crippen LogP contribution in [0.5, 0.6) is 0 Å². The van der Waals surface area contributed by atoms with Gasteiger partial charge in [-0.2, -0.15) is 4.31 Å². The number of aliphatic imine (C=N–C) groups is 1. The van der Waals surface area contributed by atoms with Gasteiger partial charge in [-0.3, -0.25) is 4.99 Å². The number of hydrogen-bond acceptors (Lipinski definition) is 4. The van der Waals surface area contributed by atoms with Crippen LogP contribution in [-0.2, 0) is 16.4 Å². The molecule has 9 heteroatoms. The summed E-state index contributed by atoms with van der Waals surface area (Å²) in [4.78, 5) is 4.40. The Balaban J connectivity index is 0.00000261. The number of aryl methyl sites for hydroxylation is 1. The van der Waals surface area contributed by atoms with E-state index in [0.717, 1.165) is 18.5 Å². The van der Waals surface area contributed by atoms with Gasteiger partial charge in [-0.15, -0.1) is 35.3 Å². The second kappa shape index (κ2) is 9.85. The summed E-state index contributed by atoms with van der Waals surface area (Å²) in [5.74, 6) is 0.546. The quantitative estimate of drug-likeness (QED) is 0.348. The molecule has 148 valence electrons. The van der Waals surface area contributed by atoms with E-state index in [1.807, 2.05) is 18.2 Å². The van der Waals surface area contributed by atoms with E-state index >= 15 is 0 Å². The lowest BCUT2D eigenvalue weighted by Crippen LogP contribution is -2.29. The van der Waals surface area contributed by atoms with E-state index < -0.39 is 10.0 Å². The lowest BCUT2D eigenvalue weighted by molar-refractivity contribution is 0.461. The highest BCUT2D eigenvalue weighted by molar-refractivity contribution is 14.0. The van der Waals surface area contributed by atoms with Gasteiger partial charge < -0.3 is 11.1 Å². The van der Waals surface area contributed by atoms with E-state index in [-0.39, 0.29) is 29.9 Å². The number of benzene rings is 1. The van der Waals surface area contributed by atoms with Crippen LogP contribution < -0.4 is 11.1 Å². The number of nitrogens with two attached hydrogens (primary N) is 1. The molecule has 1 fully saturated rings. The number of rotatable bonds is 6. The summed E-state index contributed by atoms with van der Waals surface area (Å²) in [6.07, 6.45) is 1.76. The zero-order valence-electron chi connectivity index (χ0n) is 15.2. The third-order valence-electron chi connectivity index (χ3n) is 4.47. The van der Waals surface area contributed by atoms with Gasteiger partial charge in [-0.1, -0.05) is 25.1 Å². The number of sulfonamides is 1. The second-order valence-electron chi connectivity index (χ2n) is 6.35. The molecule has 1 unspecified atom stereocenters. The Morgan fingerprint density at radius 3 is 2.89 bits per heavy atom. The van der Waals surface area contributed by atoms with Crippen molar-refractivity contribution in [3.8, 4) is 0 Å². The van der Waals surface area contributed by atoms with Crippen LogP contribution in [0.1, 0.15) is 18.9 Å². The number of guanidine groups is 1. The summed E-state index contributed by atoms with van der Waals surface area (Å²) >= 11 is 1.25. The Kier molecular flexibility index (Phi) is 8.07. The zero-order chi connectivity index (χ0) is 18.6. The fourth-order valence-corrected chi connectivity index (χ4v) is 5.66. The number of nitrogens with zero attached hydrogens (tertiary/aromatic N) is 2. The molecule has 0 aliphatic carbocycles. The first-order valence-electron chi connectivity index (χ1n) is 8.68. The predicted octanol–water partition coefficient (Wildman–Crippen LogP) is 3.37. The van der Waals surface area contributed by atoms with Gasteiger partial charge in [0.15, 0.2) is 5.96 Å². The summed E-state index contributed by atoms with van der Waals surface area (Å²) < 4.78 is 27.0. The van der Waals surface area contributed by atoms with Crippen LogP contribution in [0, 0.1) is 5.92 Å². The normalized spacial score (nSPS) is 18.3. The van der Waals surface area contributed by atoms with E-state index in [1.54, 1.807) is 21.8 Å². The van der Waals surface area contributed by atoms with E-state index in [4.69, 9.17) is 5.73 Å². The van der Waals surface area contributed by atoms with Crippen molar-refractivity contribution >= 4 is 57.0 Å². The van der Waals surface area contributed by atoms with Crippen molar-refractivity contribution < 1.29 is 8.42 Å². The van der Waals surface area contributed by atoms with Gasteiger partial charge in [0.1, 0.15) is 4.21 Å². The Morgan fingerprint density at radius 1 is 1.37 bits per heavy atom. The molecule has 3 N–H and O–H groups in total. The first-order chi connectivity index (χ1) is 12.5. The van der Waals surface area contributed by atoms with Gasteiger partial charge in [0, 0.05) is 25.3 Å². The summed E-state index contributed by atoms with van der Waals surface area (Å²) in [5, 5.41) is 4.88. The molecule has 1 atom stereocenters. The second-order valence-corrected chi connectivity index (χ2v) is 9.47. The van der Waals surface area contributed by atoms with Crippen LogP contribution in [0.2, 0.25) is 0 Å². The number of thiophene rings is 1. The smallest absolute Gasteiger partial charge is 0.252 e. The van der Waals surface area contributed by atoms with Crippen LogP contribution in [0.4, 0.5) is 5.69 Å². The van der Waals surface area contributed by atoms with Crippen molar-refractivity contribution in [2.45, 2.75) is 24.0 Å². The molecule has 1 saturated heterocycles. The standard InChI is InChI=1S/C18H24N4O2S2.HI/c1-2-14-5-3-6-16(11-14)21-18(19)20-12-15-8-9-22(13-15)26(23,24)17-7-4-10-25-17;/h3-7,10-11,15H,2,8-9,12-13H2,1H3,(H3,19,20,21);1H. The molecule has 1 aliphatic rings. The minimum Gasteiger partial charge on any atom is -0.370 e. The fourth-order valence-electron chi connectivity index (χ4n) is 2.99. The van der Waals surface area contributed by atoms with Gasteiger partial charge in [-0.05, 0) is 47.9 Å². The predicted molar refractivity (Wildman–Crippen MR) is 123 cm³/mol. The lowest BCUT2D eigenvalue weighted by atomic mass is 10.1. The average Bonchev–Trinajstić information content (AvgIpc) is 3.32. The molecule has 0 radical (unpaired) electrons. The van der Waals surface area contributed by atoms with Gasteiger partial charge in [0.25, 0.3) is 10.0 Å². The molecule has 0 bridgehead atoms. The number of anilines is 1. The molecule has 0 amide bonds. The molecule has 2 heterocycles. The molecule has 0 saturated carbocycles. The molecule has 0 spiro atoms. The van der Waals surface area contributed by atoms with E-state index in [9.17, 15) is 8.42 Å². The van der Waals surface area contributed by atoms with E-state index in [0.29, 0.717) is 29.8 Å². The van der Waals surface area contributed by atoms with Gasteiger partial charge in [0.05, 0.1) is 0 Å². The van der Waals surface area contributed by atoms with Crippen molar-refractivity contribution in [3.63, 3.8) is 0 Å². The topological polar surface area (TPSA) is 87.8 Å². The summed E-state index contributed by atoms with van der Waals surface area (Å²) in [7, 11) is -3.37. The maximum atomic E-state index is 12.5. The van der Waals surface area contributed by atoms with E-state index in [2.05, 4.69) is 23.3 Å². The average molecular weight is 520 g/mol. The molecule has 1 aromatic carbocycles. The monoisotopic (exact) mass is 520 g/mol. The third kappa shape index (κ3) is 5.66. The van der Waals surface area contributed by atoms with Crippen molar-refractivity contribution in [2.24, 2.45) is 16.6 Å². The van der Waals surface area contributed by atoms with Crippen LogP contribution >= 0.6 is 35.3 Å². The van der Waals surface area contributed by atoms with Crippen LogP contribution in [-0.4, -0.2) is 38.3 Å². The van der Waals surface area contributed by atoms with Crippen molar-refractivity contribution in [1.29, 1.82) is 0 Å². The highest BCUT2D eigenvalue weighted by Crippen LogP contribution is 2.27. The minimum atomic E-state index is -3.37.